The third-order valence-corrected chi connectivity index (χ3v) is 4.64. The van der Waals surface area contributed by atoms with Crippen molar-refractivity contribution in [3.05, 3.63) is 56.7 Å². The number of rotatable bonds is 4. The summed E-state index contributed by atoms with van der Waals surface area (Å²) in [5.74, 6) is -0.149. The summed E-state index contributed by atoms with van der Waals surface area (Å²) in [6.45, 7) is -0.148. The van der Waals surface area contributed by atoms with Crippen LogP contribution in [0.25, 0.3) is 11.2 Å². The zero-order valence-corrected chi connectivity index (χ0v) is 14.3. The lowest BCUT2D eigenvalue weighted by atomic mass is 10.2. The molecule has 142 valence electrons. The van der Waals surface area contributed by atoms with E-state index in [0.717, 1.165) is 10.1 Å². The molecule has 0 bridgehead atoms. The normalized spacial score (nSPS) is 22.5. The van der Waals surface area contributed by atoms with E-state index in [4.69, 9.17) is 10.5 Å². The van der Waals surface area contributed by atoms with Gasteiger partial charge in [-0.15, -0.1) is 0 Å². The number of aromatic amines is 1. The lowest BCUT2D eigenvalue weighted by Gasteiger charge is -2.15. The molecule has 3 heterocycles. The SMILES string of the molecule is Nc1nc2c(c(=O)[nH]1)n(Cc1ccccc1)c(=O)n2[C@@H]1O[C@H](CO)C[C@H]1O. The lowest BCUT2D eigenvalue weighted by molar-refractivity contribution is -0.0505. The predicted molar refractivity (Wildman–Crippen MR) is 96.2 cm³/mol. The monoisotopic (exact) mass is 373 g/mol. The van der Waals surface area contributed by atoms with Crippen LogP contribution in [-0.4, -0.2) is 48.1 Å². The van der Waals surface area contributed by atoms with E-state index < -0.39 is 29.7 Å². The van der Waals surface area contributed by atoms with Crippen molar-refractivity contribution in [2.45, 2.75) is 31.4 Å². The van der Waals surface area contributed by atoms with Gasteiger partial charge in [-0.05, 0) is 5.56 Å². The molecule has 1 aromatic carbocycles. The second-order valence-corrected chi connectivity index (χ2v) is 6.48. The number of anilines is 1. The molecule has 10 nitrogen and oxygen atoms in total. The van der Waals surface area contributed by atoms with Gasteiger partial charge in [-0.25, -0.2) is 9.36 Å². The number of ether oxygens (including phenoxy) is 1. The Kier molecular flexibility index (Phi) is 4.30. The highest BCUT2D eigenvalue weighted by atomic mass is 16.5. The van der Waals surface area contributed by atoms with E-state index in [1.807, 2.05) is 30.3 Å². The molecule has 27 heavy (non-hydrogen) atoms. The molecule has 0 amide bonds. The van der Waals surface area contributed by atoms with E-state index in [2.05, 4.69) is 9.97 Å². The number of nitrogens with zero attached hydrogens (tertiary/aromatic N) is 3. The molecule has 0 saturated carbocycles. The Labute approximate surface area is 152 Å². The van der Waals surface area contributed by atoms with Gasteiger partial charge in [0.15, 0.2) is 17.4 Å². The number of benzene rings is 1. The predicted octanol–water partition coefficient (Wildman–Crippen LogP) is -0.843. The fourth-order valence-electron chi connectivity index (χ4n) is 3.42. The smallest absolute Gasteiger partial charge is 0.333 e. The summed E-state index contributed by atoms with van der Waals surface area (Å²) in [5, 5.41) is 19.6. The van der Waals surface area contributed by atoms with Crippen molar-refractivity contribution in [1.82, 2.24) is 19.1 Å². The minimum Gasteiger partial charge on any atom is -0.394 e. The maximum absolute atomic E-state index is 13.1. The molecule has 4 rings (SSSR count). The first-order chi connectivity index (χ1) is 13.0. The molecule has 0 radical (unpaired) electrons. The highest BCUT2D eigenvalue weighted by Gasteiger charge is 2.38. The molecule has 3 aromatic rings. The Morgan fingerprint density at radius 1 is 1.30 bits per heavy atom. The third-order valence-electron chi connectivity index (χ3n) is 4.64. The van der Waals surface area contributed by atoms with E-state index in [-0.39, 0.29) is 36.7 Å². The van der Waals surface area contributed by atoms with Gasteiger partial charge in [0.2, 0.25) is 5.95 Å². The molecule has 0 unspecified atom stereocenters. The van der Waals surface area contributed by atoms with Crippen molar-refractivity contribution < 1.29 is 14.9 Å². The van der Waals surface area contributed by atoms with Crippen LogP contribution in [-0.2, 0) is 11.3 Å². The highest BCUT2D eigenvalue weighted by molar-refractivity contribution is 5.72. The number of aliphatic hydroxyl groups is 2. The van der Waals surface area contributed by atoms with E-state index in [1.165, 1.54) is 4.57 Å². The van der Waals surface area contributed by atoms with Crippen molar-refractivity contribution in [2.75, 3.05) is 12.3 Å². The number of nitrogens with two attached hydrogens (primary N) is 1. The van der Waals surface area contributed by atoms with Gasteiger partial charge in [-0.1, -0.05) is 30.3 Å². The number of aliphatic hydroxyl groups excluding tert-OH is 2. The van der Waals surface area contributed by atoms with Crippen molar-refractivity contribution in [3.63, 3.8) is 0 Å². The molecule has 2 aromatic heterocycles. The Morgan fingerprint density at radius 3 is 2.70 bits per heavy atom. The van der Waals surface area contributed by atoms with Crippen molar-refractivity contribution in [2.24, 2.45) is 0 Å². The number of nitrogen functional groups attached to an aromatic ring is 1. The van der Waals surface area contributed by atoms with Crippen molar-refractivity contribution in [3.8, 4) is 0 Å². The van der Waals surface area contributed by atoms with E-state index in [1.54, 1.807) is 0 Å². The van der Waals surface area contributed by atoms with Crippen LogP contribution in [0.1, 0.15) is 18.2 Å². The van der Waals surface area contributed by atoms with Gasteiger partial charge < -0.3 is 20.7 Å². The molecule has 10 heteroatoms. The van der Waals surface area contributed by atoms with Crippen molar-refractivity contribution >= 4 is 17.1 Å². The number of hydrogen-bond acceptors (Lipinski definition) is 7. The molecule has 0 spiro atoms. The zero-order chi connectivity index (χ0) is 19.1. The summed E-state index contributed by atoms with van der Waals surface area (Å²) in [7, 11) is 0. The molecule has 1 aliphatic heterocycles. The van der Waals surface area contributed by atoms with Crippen LogP contribution in [0.5, 0.6) is 0 Å². The average molecular weight is 373 g/mol. The van der Waals surface area contributed by atoms with Gasteiger partial charge in [-0.3, -0.25) is 14.3 Å². The number of fused-ring (bicyclic) bond motifs is 1. The fraction of sp³-hybridized carbons (Fsp3) is 0.353. The van der Waals surface area contributed by atoms with Crippen LogP contribution >= 0.6 is 0 Å². The number of nitrogens with one attached hydrogen (secondary N) is 1. The Bertz CT molecular complexity index is 1090. The lowest BCUT2D eigenvalue weighted by Crippen LogP contribution is -2.32. The van der Waals surface area contributed by atoms with Crippen LogP contribution in [0.3, 0.4) is 0 Å². The number of aromatic nitrogens is 4. The molecule has 1 saturated heterocycles. The van der Waals surface area contributed by atoms with Gasteiger partial charge in [0.25, 0.3) is 5.56 Å². The van der Waals surface area contributed by atoms with Crippen LogP contribution in [0.4, 0.5) is 5.95 Å². The van der Waals surface area contributed by atoms with Crippen LogP contribution in [0.15, 0.2) is 39.9 Å². The summed E-state index contributed by atoms with van der Waals surface area (Å²) in [5.41, 5.74) is 5.43. The third kappa shape index (κ3) is 2.93. The second-order valence-electron chi connectivity index (χ2n) is 6.48. The van der Waals surface area contributed by atoms with Gasteiger partial charge in [0, 0.05) is 6.42 Å². The van der Waals surface area contributed by atoms with Gasteiger partial charge in [0.05, 0.1) is 19.3 Å². The Morgan fingerprint density at radius 2 is 2.04 bits per heavy atom. The first-order valence-electron chi connectivity index (χ1n) is 8.48. The van der Waals surface area contributed by atoms with E-state index in [0.29, 0.717) is 0 Å². The minimum absolute atomic E-state index is 0.0276. The van der Waals surface area contributed by atoms with Crippen LogP contribution in [0, 0.1) is 0 Å². The van der Waals surface area contributed by atoms with Crippen LogP contribution in [0.2, 0.25) is 0 Å². The number of hydrogen-bond donors (Lipinski definition) is 4. The fourth-order valence-corrected chi connectivity index (χ4v) is 3.42. The zero-order valence-electron chi connectivity index (χ0n) is 14.3. The number of imidazole rings is 1. The topological polar surface area (TPSA) is 148 Å². The largest absolute Gasteiger partial charge is 0.394 e. The number of H-pyrrole nitrogens is 1. The average Bonchev–Trinajstić information content (AvgIpc) is 3.13. The van der Waals surface area contributed by atoms with Gasteiger partial charge in [0.1, 0.15) is 6.10 Å². The molecule has 3 atom stereocenters. The Balaban J connectivity index is 1.93. The van der Waals surface area contributed by atoms with Gasteiger partial charge in [-0.2, -0.15) is 4.98 Å². The molecule has 1 fully saturated rings. The van der Waals surface area contributed by atoms with Crippen molar-refractivity contribution in [1.29, 1.82) is 0 Å². The van der Waals surface area contributed by atoms with Gasteiger partial charge >= 0.3 is 5.69 Å². The maximum Gasteiger partial charge on any atom is 0.333 e. The second kappa shape index (κ2) is 6.65. The highest BCUT2D eigenvalue weighted by Crippen LogP contribution is 2.29. The van der Waals surface area contributed by atoms with Crippen LogP contribution < -0.4 is 17.0 Å². The van der Waals surface area contributed by atoms with E-state index in [9.17, 15) is 19.8 Å². The quantitative estimate of drug-likeness (QED) is 0.466. The molecular weight excluding hydrogens is 354 g/mol. The molecule has 5 N–H and O–H groups in total. The summed E-state index contributed by atoms with van der Waals surface area (Å²) in [6.07, 6.45) is -2.54. The minimum atomic E-state index is -1.07. The summed E-state index contributed by atoms with van der Waals surface area (Å²) >= 11 is 0. The first kappa shape index (κ1) is 17.5. The maximum atomic E-state index is 13.1. The first-order valence-corrected chi connectivity index (χ1v) is 8.48. The standard InChI is InChI=1S/C17H19N5O5/c18-16-19-13-12(14(25)20-16)21(7-9-4-2-1-3-5-9)17(26)22(13)15-11(24)6-10(8-23)27-15/h1-5,10-11,15,23-24H,6-8H2,(H3,18,19,20,25)/t10-,11+,15+/m0/s1. The summed E-state index contributed by atoms with van der Waals surface area (Å²) < 4.78 is 8.00. The van der Waals surface area contributed by atoms with E-state index >= 15 is 0 Å². The molecule has 0 aliphatic carbocycles. The molecule has 1 aliphatic rings. The Hall–Kier alpha value is -2.95. The molecular formula is C17H19N5O5. The summed E-state index contributed by atoms with van der Waals surface area (Å²) in [6, 6.07) is 9.17. The summed E-state index contributed by atoms with van der Waals surface area (Å²) in [4.78, 5) is 32.1.